The molecule has 12 heteroatoms. The first-order valence-electron chi connectivity index (χ1n) is 10.2. The first kappa shape index (κ1) is 23.2. The van der Waals surface area contributed by atoms with Gasteiger partial charge in [-0.3, -0.25) is 10.1 Å². The molecule has 0 radical (unpaired) electrons. The molecule has 2 aliphatic heterocycles. The van der Waals surface area contributed by atoms with Crippen molar-refractivity contribution in [3.05, 3.63) is 28.3 Å². The number of nitro groups is 1. The highest BCUT2D eigenvalue weighted by atomic mass is 32.2. The molecule has 31 heavy (non-hydrogen) atoms. The van der Waals surface area contributed by atoms with Crippen LogP contribution in [-0.2, 0) is 14.8 Å². The van der Waals surface area contributed by atoms with E-state index in [9.17, 15) is 23.3 Å². The molecule has 2 saturated heterocycles. The molecule has 2 amide bonds. The largest absolute Gasteiger partial charge is 0.378 e. The molecule has 0 atom stereocenters. The highest BCUT2D eigenvalue weighted by Gasteiger charge is 2.31. The average molecular weight is 456 g/mol. The third-order valence-corrected chi connectivity index (χ3v) is 6.82. The fraction of sp³-hybridized carbons (Fsp3) is 0.632. The van der Waals surface area contributed by atoms with Crippen LogP contribution in [0, 0.1) is 10.1 Å². The van der Waals surface area contributed by atoms with Crippen molar-refractivity contribution in [2.24, 2.45) is 0 Å². The second-order valence-corrected chi connectivity index (χ2v) is 10.3. The predicted octanol–water partition coefficient (Wildman–Crippen LogP) is 1.25. The second kappa shape index (κ2) is 8.97. The van der Waals surface area contributed by atoms with Crippen molar-refractivity contribution in [2.45, 2.75) is 31.2 Å². The third kappa shape index (κ3) is 5.63. The Kier molecular flexibility index (Phi) is 6.72. The van der Waals surface area contributed by atoms with Crippen LogP contribution in [-0.4, -0.2) is 87.2 Å². The number of piperazine rings is 1. The van der Waals surface area contributed by atoms with Gasteiger partial charge in [0.2, 0.25) is 10.0 Å². The van der Waals surface area contributed by atoms with E-state index >= 15 is 0 Å². The van der Waals surface area contributed by atoms with Crippen LogP contribution >= 0.6 is 0 Å². The summed E-state index contributed by atoms with van der Waals surface area (Å²) in [6, 6.07) is 3.89. The van der Waals surface area contributed by atoms with E-state index in [1.54, 1.807) is 30.6 Å². The molecule has 0 aliphatic carbocycles. The molecule has 2 heterocycles. The lowest BCUT2D eigenvalue weighted by molar-refractivity contribution is -0.384. The molecular formula is C19H29N5O6S. The first-order valence-corrected chi connectivity index (χ1v) is 11.7. The predicted molar refractivity (Wildman–Crippen MR) is 115 cm³/mol. The zero-order valence-corrected chi connectivity index (χ0v) is 18.9. The number of ether oxygens (including phenoxy) is 1. The molecule has 0 aromatic heterocycles. The number of urea groups is 1. The van der Waals surface area contributed by atoms with E-state index < -0.39 is 20.5 Å². The van der Waals surface area contributed by atoms with Crippen LogP contribution in [0.25, 0.3) is 0 Å². The van der Waals surface area contributed by atoms with Gasteiger partial charge >= 0.3 is 6.03 Å². The van der Waals surface area contributed by atoms with Gasteiger partial charge in [0.1, 0.15) is 5.69 Å². The van der Waals surface area contributed by atoms with E-state index in [1.165, 1.54) is 12.1 Å². The number of rotatable bonds is 4. The zero-order chi connectivity index (χ0) is 22.8. The molecule has 172 valence electrons. The molecule has 1 N–H and O–H groups in total. The van der Waals surface area contributed by atoms with Gasteiger partial charge in [-0.2, -0.15) is 0 Å². The van der Waals surface area contributed by atoms with Crippen LogP contribution in [0.3, 0.4) is 0 Å². The van der Waals surface area contributed by atoms with Gasteiger partial charge in [-0.25, -0.2) is 17.9 Å². The summed E-state index contributed by atoms with van der Waals surface area (Å²) >= 11 is 0. The maximum Gasteiger partial charge on any atom is 0.320 e. The Hall–Kier alpha value is -2.44. The van der Waals surface area contributed by atoms with Crippen LogP contribution in [0.4, 0.5) is 16.2 Å². The van der Waals surface area contributed by atoms with Crippen LogP contribution in [0.15, 0.2) is 23.1 Å². The minimum atomic E-state index is -3.90. The Bertz CT molecular complexity index is 932. The molecule has 3 rings (SSSR count). The number of anilines is 1. The number of nitro benzene ring substituents is 1. The smallest absolute Gasteiger partial charge is 0.320 e. The molecule has 0 spiro atoms. The van der Waals surface area contributed by atoms with Crippen molar-refractivity contribution in [1.82, 2.24) is 14.5 Å². The number of nitrogens with zero attached hydrogens (tertiary/aromatic N) is 4. The Labute approximate surface area is 182 Å². The molecule has 1 aromatic rings. The monoisotopic (exact) mass is 455 g/mol. The van der Waals surface area contributed by atoms with Gasteiger partial charge in [0.15, 0.2) is 0 Å². The number of hydrogen-bond donors (Lipinski definition) is 1. The fourth-order valence-corrected chi connectivity index (χ4v) is 5.08. The molecule has 2 aliphatic rings. The van der Waals surface area contributed by atoms with E-state index in [0.29, 0.717) is 58.2 Å². The SMILES string of the molecule is CC(C)(C)NS(=O)(=O)c1ccc(N2CCN(C(=O)N3CCOCC3)CC2)c([N+](=O)[O-])c1. The number of sulfonamides is 1. The fourth-order valence-electron chi connectivity index (χ4n) is 3.64. The highest BCUT2D eigenvalue weighted by molar-refractivity contribution is 7.89. The first-order chi connectivity index (χ1) is 14.5. The van der Waals surface area contributed by atoms with E-state index in [4.69, 9.17) is 4.74 Å². The molecular weight excluding hydrogens is 426 g/mol. The summed E-state index contributed by atoms with van der Waals surface area (Å²) in [5, 5.41) is 11.7. The Morgan fingerprint density at radius 2 is 1.65 bits per heavy atom. The standard InChI is InChI=1S/C19H29N5O6S/c1-19(2,3)20-31(28,29)15-4-5-16(17(14-15)24(26)27)21-6-8-22(9-7-21)18(25)23-10-12-30-13-11-23/h4-5,14,20H,6-13H2,1-3H3. The molecule has 0 saturated carbocycles. The lowest BCUT2D eigenvalue weighted by atomic mass is 10.1. The Balaban J connectivity index is 1.74. The maximum atomic E-state index is 12.6. The Morgan fingerprint density at radius 1 is 1.06 bits per heavy atom. The zero-order valence-electron chi connectivity index (χ0n) is 18.0. The molecule has 0 unspecified atom stereocenters. The second-order valence-electron chi connectivity index (χ2n) is 8.62. The van der Waals surface area contributed by atoms with Crippen molar-refractivity contribution in [2.75, 3.05) is 57.4 Å². The summed E-state index contributed by atoms with van der Waals surface area (Å²) < 4.78 is 32.9. The van der Waals surface area contributed by atoms with Gasteiger partial charge in [0, 0.05) is 50.9 Å². The third-order valence-electron chi connectivity index (χ3n) is 5.07. The van der Waals surface area contributed by atoms with Gasteiger partial charge in [-0.05, 0) is 32.9 Å². The number of hydrogen-bond acceptors (Lipinski definition) is 7. The highest BCUT2D eigenvalue weighted by Crippen LogP contribution is 2.32. The topological polar surface area (TPSA) is 125 Å². The number of amides is 2. The summed E-state index contributed by atoms with van der Waals surface area (Å²) in [5.74, 6) is 0. The van der Waals surface area contributed by atoms with Gasteiger partial charge in [0.05, 0.1) is 23.0 Å². The Morgan fingerprint density at radius 3 is 2.19 bits per heavy atom. The van der Waals surface area contributed by atoms with E-state index in [2.05, 4.69) is 4.72 Å². The summed E-state index contributed by atoms with van der Waals surface area (Å²) in [7, 11) is -3.90. The number of morpholine rings is 1. The minimum Gasteiger partial charge on any atom is -0.378 e. The van der Waals surface area contributed by atoms with Crippen molar-refractivity contribution >= 4 is 27.4 Å². The molecule has 2 fully saturated rings. The number of nitrogens with one attached hydrogen (secondary N) is 1. The van der Waals surface area contributed by atoms with Crippen molar-refractivity contribution < 1.29 is 22.9 Å². The van der Waals surface area contributed by atoms with Gasteiger partial charge in [-0.1, -0.05) is 0 Å². The van der Waals surface area contributed by atoms with Gasteiger partial charge in [0.25, 0.3) is 5.69 Å². The van der Waals surface area contributed by atoms with Crippen molar-refractivity contribution in [3.63, 3.8) is 0 Å². The minimum absolute atomic E-state index is 0.0489. The summed E-state index contributed by atoms with van der Waals surface area (Å²) in [6.45, 7) is 8.96. The number of carbonyl (C=O) groups is 1. The number of carbonyl (C=O) groups excluding carboxylic acids is 1. The lowest BCUT2D eigenvalue weighted by Crippen LogP contribution is -2.54. The van der Waals surface area contributed by atoms with Crippen molar-refractivity contribution in [3.8, 4) is 0 Å². The van der Waals surface area contributed by atoms with Crippen LogP contribution in [0.2, 0.25) is 0 Å². The van der Waals surface area contributed by atoms with E-state index in [0.717, 1.165) is 6.07 Å². The summed E-state index contributed by atoms with van der Waals surface area (Å²) in [5.41, 5.74) is -0.641. The van der Waals surface area contributed by atoms with E-state index in [1.807, 2.05) is 4.90 Å². The summed E-state index contributed by atoms with van der Waals surface area (Å²) in [4.78, 5) is 28.9. The van der Waals surface area contributed by atoms with Gasteiger partial charge in [-0.15, -0.1) is 0 Å². The maximum absolute atomic E-state index is 12.6. The molecule has 11 nitrogen and oxygen atoms in total. The quantitative estimate of drug-likeness (QED) is 0.535. The molecule has 0 bridgehead atoms. The molecule has 1 aromatic carbocycles. The van der Waals surface area contributed by atoms with Gasteiger partial charge < -0.3 is 19.4 Å². The number of benzene rings is 1. The average Bonchev–Trinajstić information content (AvgIpc) is 2.72. The normalized spacial score (nSPS) is 18.2. The van der Waals surface area contributed by atoms with Crippen LogP contribution in [0.5, 0.6) is 0 Å². The van der Waals surface area contributed by atoms with Crippen LogP contribution in [0.1, 0.15) is 20.8 Å². The van der Waals surface area contributed by atoms with Crippen LogP contribution < -0.4 is 9.62 Å². The summed E-state index contributed by atoms with van der Waals surface area (Å²) in [6.07, 6.45) is 0. The van der Waals surface area contributed by atoms with Crippen molar-refractivity contribution in [1.29, 1.82) is 0 Å². The van der Waals surface area contributed by atoms with E-state index in [-0.39, 0.29) is 16.6 Å². The lowest BCUT2D eigenvalue weighted by Gasteiger charge is -2.39.